The maximum absolute atomic E-state index is 12.6. The van der Waals surface area contributed by atoms with Gasteiger partial charge in [0, 0.05) is 31.5 Å². The number of anilines is 1. The topological polar surface area (TPSA) is 67.3 Å². The van der Waals surface area contributed by atoms with Crippen LogP contribution < -0.4 is 10.1 Å². The van der Waals surface area contributed by atoms with Crippen LogP contribution in [0.15, 0.2) is 67.0 Å². The number of rotatable bonds is 5. The molecular formula is C22H22Cl2N4O2S. The Hall–Kier alpha value is -2.87. The number of thiazole rings is 1. The van der Waals surface area contributed by atoms with E-state index in [1.807, 2.05) is 42.5 Å². The van der Waals surface area contributed by atoms with Crippen LogP contribution in [-0.2, 0) is 6.54 Å². The molecule has 31 heavy (non-hydrogen) atoms. The van der Waals surface area contributed by atoms with Crippen LogP contribution in [-0.4, -0.2) is 35.1 Å². The normalized spacial score (nSPS) is 10.0. The Morgan fingerprint density at radius 3 is 2.45 bits per heavy atom. The van der Waals surface area contributed by atoms with Crippen molar-refractivity contribution in [3.05, 3.63) is 72.6 Å². The van der Waals surface area contributed by atoms with Gasteiger partial charge in [0.25, 0.3) is 0 Å². The highest BCUT2D eigenvalue weighted by Gasteiger charge is 2.17. The van der Waals surface area contributed by atoms with E-state index in [9.17, 15) is 4.79 Å². The van der Waals surface area contributed by atoms with E-state index in [0.29, 0.717) is 17.4 Å². The first-order valence-electron chi connectivity index (χ1n) is 9.09. The number of nitrogens with zero attached hydrogens (tertiary/aromatic N) is 3. The third-order valence-electron chi connectivity index (χ3n) is 4.54. The van der Waals surface area contributed by atoms with E-state index in [4.69, 9.17) is 4.74 Å². The minimum atomic E-state index is -0.221. The summed E-state index contributed by atoms with van der Waals surface area (Å²) in [4.78, 5) is 22.9. The summed E-state index contributed by atoms with van der Waals surface area (Å²) in [5, 5.41) is 3.44. The molecule has 4 rings (SSSR count). The van der Waals surface area contributed by atoms with Gasteiger partial charge in [0.2, 0.25) is 0 Å². The van der Waals surface area contributed by atoms with Crippen molar-refractivity contribution < 1.29 is 9.53 Å². The molecule has 162 valence electrons. The van der Waals surface area contributed by atoms with Gasteiger partial charge in [-0.1, -0.05) is 41.7 Å². The van der Waals surface area contributed by atoms with Gasteiger partial charge < -0.3 is 9.64 Å². The maximum atomic E-state index is 12.6. The molecule has 0 aliphatic carbocycles. The fourth-order valence-electron chi connectivity index (χ4n) is 3.07. The van der Waals surface area contributed by atoms with Crippen molar-refractivity contribution in [1.82, 2.24) is 14.9 Å². The molecule has 0 atom stereocenters. The zero-order valence-corrected chi connectivity index (χ0v) is 19.4. The van der Waals surface area contributed by atoms with Crippen LogP contribution in [0.1, 0.15) is 5.56 Å². The second kappa shape index (κ2) is 10.9. The molecular weight excluding hydrogens is 455 g/mol. The number of benzene rings is 2. The highest BCUT2D eigenvalue weighted by atomic mass is 35.5. The molecule has 0 unspecified atom stereocenters. The largest absolute Gasteiger partial charge is 0.494 e. The number of hydrogen-bond donors (Lipinski definition) is 1. The lowest BCUT2D eigenvalue weighted by molar-refractivity contribution is 0.220. The number of carbonyl (C=O) groups is 1. The summed E-state index contributed by atoms with van der Waals surface area (Å²) in [5.41, 5.74) is 3.90. The van der Waals surface area contributed by atoms with Crippen LogP contribution in [0.2, 0.25) is 0 Å². The van der Waals surface area contributed by atoms with E-state index >= 15 is 0 Å². The Morgan fingerprint density at radius 2 is 1.77 bits per heavy atom. The number of hydrogen-bond acceptors (Lipinski definition) is 5. The zero-order chi connectivity index (χ0) is 20.2. The van der Waals surface area contributed by atoms with Crippen molar-refractivity contribution in [1.29, 1.82) is 0 Å². The smallest absolute Gasteiger partial charge is 0.323 e. The Kier molecular flexibility index (Phi) is 8.62. The number of amides is 2. The van der Waals surface area contributed by atoms with Crippen LogP contribution in [0.3, 0.4) is 0 Å². The van der Waals surface area contributed by atoms with Gasteiger partial charge in [-0.05, 0) is 35.4 Å². The number of urea groups is 1. The molecule has 2 heterocycles. The number of carbonyl (C=O) groups excluding carboxylic acids is 1. The minimum absolute atomic E-state index is 0. The van der Waals surface area contributed by atoms with Gasteiger partial charge in [-0.25, -0.2) is 9.78 Å². The highest BCUT2D eigenvalue weighted by molar-refractivity contribution is 7.23. The molecule has 0 fully saturated rings. The van der Waals surface area contributed by atoms with Crippen molar-refractivity contribution in [2.24, 2.45) is 0 Å². The predicted octanol–water partition coefficient (Wildman–Crippen LogP) is 5.87. The van der Waals surface area contributed by atoms with Crippen LogP contribution in [0.25, 0.3) is 21.3 Å². The molecule has 2 aromatic heterocycles. The minimum Gasteiger partial charge on any atom is -0.494 e. The first kappa shape index (κ1) is 24.4. The van der Waals surface area contributed by atoms with Gasteiger partial charge in [-0.3, -0.25) is 10.3 Å². The summed E-state index contributed by atoms with van der Waals surface area (Å²) in [7, 11) is 3.37. The molecule has 0 saturated heterocycles. The lowest BCUT2D eigenvalue weighted by atomic mass is 10.1. The van der Waals surface area contributed by atoms with Crippen molar-refractivity contribution in [3.8, 4) is 16.9 Å². The Balaban J connectivity index is 0.00000171. The Morgan fingerprint density at radius 1 is 1.06 bits per heavy atom. The van der Waals surface area contributed by atoms with Crippen molar-refractivity contribution in [2.75, 3.05) is 19.5 Å². The molecule has 0 aliphatic rings. The number of nitrogens with one attached hydrogen (secondary N) is 1. The first-order chi connectivity index (χ1) is 14.2. The van der Waals surface area contributed by atoms with E-state index in [1.165, 1.54) is 11.3 Å². The Labute approximate surface area is 197 Å². The van der Waals surface area contributed by atoms with Gasteiger partial charge >= 0.3 is 6.03 Å². The van der Waals surface area contributed by atoms with Crippen molar-refractivity contribution >= 4 is 57.5 Å². The lowest BCUT2D eigenvalue weighted by Crippen LogP contribution is -2.30. The molecule has 2 aromatic carbocycles. The number of pyridine rings is 1. The van der Waals surface area contributed by atoms with Crippen molar-refractivity contribution in [2.45, 2.75) is 6.54 Å². The van der Waals surface area contributed by atoms with Crippen LogP contribution in [0.4, 0.5) is 9.93 Å². The first-order valence-corrected chi connectivity index (χ1v) is 9.91. The fourth-order valence-corrected chi connectivity index (χ4v) is 4.07. The molecule has 0 saturated carbocycles. The van der Waals surface area contributed by atoms with Crippen LogP contribution in [0.5, 0.6) is 5.75 Å². The SMILES string of the molecule is COc1ccc(-c2ccccc2)c2sc(NC(=O)N(C)Cc3ccncc3)nc12.Cl.Cl. The molecule has 9 heteroatoms. The molecule has 0 radical (unpaired) electrons. The van der Waals surface area contributed by atoms with E-state index in [0.717, 1.165) is 26.9 Å². The number of halogens is 2. The molecule has 0 bridgehead atoms. The van der Waals surface area contributed by atoms with Gasteiger partial charge in [0.1, 0.15) is 11.3 Å². The maximum Gasteiger partial charge on any atom is 0.323 e. The summed E-state index contributed by atoms with van der Waals surface area (Å²) < 4.78 is 6.45. The molecule has 0 spiro atoms. The molecule has 2 amide bonds. The Bertz CT molecular complexity index is 1140. The van der Waals surface area contributed by atoms with Gasteiger partial charge in [-0.2, -0.15) is 0 Å². The number of methoxy groups -OCH3 is 1. The average Bonchev–Trinajstić information content (AvgIpc) is 3.17. The summed E-state index contributed by atoms with van der Waals surface area (Å²) in [5.74, 6) is 0.682. The van der Waals surface area contributed by atoms with Crippen LogP contribution >= 0.6 is 36.2 Å². The summed E-state index contributed by atoms with van der Waals surface area (Å²) >= 11 is 1.44. The predicted molar refractivity (Wildman–Crippen MR) is 131 cm³/mol. The second-order valence-corrected chi connectivity index (χ2v) is 7.52. The van der Waals surface area contributed by atoms with Gasteiger partial charge in [0.15, 0.2) is 5.13 Å². The molecule has 6 nitrogen and oxygen atoms in total. The number of fused-ring (bicyclic) bond motifs is 1. The van der Waals surface area contributed by atoms with E-state index in [2.05, 4.69) is 27.4 Å². The standard InChI is InChI=1S/C22H20N4O2S.2ClH/c1-26(14-15-10-12-23-13-11-15)22(27)25-21-24-19-18(28-2)9-8-17(20(19)29-21)16-6-4-3-5-7-16;;/h3-13H,14H2,1-2H3,(H,24,25,27);2*1H. The quantitative estimate of drug-likeness (QED) is 0.390. The van der Waals surface area contributed by atoms with E-state index in [-0.39, 0.29) is 30.8 Å². The van der Waals surface area contributed by atoms with Gasteiger partial charge in [-0.15, -0.1) is 24.8 Å². The van der Waals surface area contributed by atoms with Crippen molar-refractivity contribution in [3.63, 3.8) is 0 Å². The van der Waals surface area contributed by atoms with E-state index in [1.54, 1.807) is 31.5 Å². The second-order valence-electron chi connectivity index (χ2n) is 6.52. The molecule has 0 aliphatic heterocycles. The van der Waals surface area contributed by atoms with E-state index < -0.39 is 0 Å². The zero-order valence-electron chi connectivity index (χ0n) is 16.9. The molecule has 4 aromatic rings. The molecule has 1 N–H and O–H groups in total. The average molecular weight is 477 g/mol. The summed E-state index contributed by atoms with van der Waals surface area (Å²) in [6, 6.07) is 17.6. The lowest BCUT2D eigenvalue weighted by Gasteiger charge is -2.16. The number of aromatic nitrogens is 2. The summed E-state index contributed by atoms with van der Waals surface area (Å²) in [6.07, 6.45) is 3.43. The van der Waals surface area contributed by atoms with Gasteiger partial charge in [0.05, 0.1) is 11.8 Å². The monoisotopic (exact) mass is 476 g/mol. The third kappa shape index (κ3) is 5.44. The fraction of sp³-hybridized carbons (Fsp3) is 0.136. The third-order valence-corrected chi connectivity index (χ3v) is 5.55. The van der Waals surface area contributed by atoms with Crippen LogP contribution in [0, 0.1) is 0 Å². The summed E-state index contributed by atoms with van der Waals surface area (Å²) in [6.45, 7) is 0.484. The number of ether oxygens (including phenoxy) is 1. The highest BCUT2D eigenvalue weighted by Crippen LogP contribution is 2.39.